The first-order valence-electron chi connectivity index (χ1n) is 7.39. The van der Waals surface area contributed by atoms with E-state index in [1.807, 2.05) is 19.2 Å². The zero-order chi connectivity index (χ0) is 17.9. The molecule has 128 valence electrons. The van der Waals surface area contributed by atoms with E-state index < -0.39 is 18.1 Å². The molecule has 0 bridgehead atoms. The molecule has 0 saturated heterocycles. The van der Waals surface area contributed by atoms with Gasteiger partial charge in [0.1, 0.15) is 10.8 Å². The Balaban J connectivity index is 2.20. The lowest BCUT2D eigenvalue weighted by molar-refractivity contribution is -0.139. The summed E-state index contributed by atoms with van der Waals surface area (Å²) >= 11 is 1.48. The predicted molar refractivity (Wildman–Crippen MR) is 91.7 cm³/mol. The number of nitrogens with zero attached hydrogens (tertiary/aromatic N) is 1. The molecule has 1 heterocycles. The minimum atomic E-state index is -1.04. The van der Waals surface area contributed by atoms with Gasteiger partial charge in [0.15, 0.2) is 6.61 Å². The van der Waals surface area contributed by atoms with Crippen molar-refractivity contribution in [3.05, 3.63) is 45.4 Å². The molecule has 1 aromatic carbocycles. The number of amides is 1. The van der Waals surface area contributed by atoms with Crippen LogP contribution in [0.1, 0.15) is 40.3 Å². The monoisotopic (exact) mass is 348 g/mol. The minimum Gasteiger partial charge on any atom is -0.481 e. The highest BCUT2D eigenvalue weighted by Gasteiger charge is 2.26. The molecule has 7 heteroatoms. The van der Waals surface area contributed by atoms with Gasteiger partial charge in [-0.15, -0.1) is 11.3 Å². The molecule has 0 spiro atoms. The van der Waals surface area contributed by atoms with Crippen molar-refractivity contribution in [2.75, 3.05) is 6.61 Å². The Morgan fingerprint density at radius 3 is 2.42 bits per heavy atom. The minimum absolute atomic E-state index is 0.216. The number of carbonyl (C=O) groups excluding carboxylic acids is 1. The molecular formula is C17H20N2O4S. The summed E-state index contributed by atoms with van der Waals surface area (Å²) < 4.78 is 5.28. The van der Waals surface area contributed by atoms with Gasteiger partial charge < -0.3 is 15.2 Å². The molecule has 1 amide bonds. The molecule has 2 N–H and O–H groups in total. The maximum atomic E-state index is 12.6. The number of nitrogens with one attached hydrogen (secondary N) is 1. The summed E-state index contributed by atoms with van der Waals surface area (Å²) in [4.78, 5) is 27.5. The van der Waals surface area contributed by atoms with Gasteiger partial charge in [-0.1, -0.05) is 0 Å². The van der Waals surface area contributed by atoms with Gasteiger partial charge in [-0.2, -0.15) is 0 Å². The van der Waals surface area contributed by atoms with Gasteiger partial charge in [0.05, 0.1) is 5.54 Å². The number of carboxylic acids is 1. The molecule has 2 aromatic rings. The fourth-order valence-corrected chi connectivity index (χ4v) is 3.10. The van der Waals surface area contributed by atoms with Gasteiger partial charge >= 0.3 is 5.97 Å². The Hall–Kier alpha value is -2.41. The lowest BCUT2D eigenvalue weighted by Gasteiger charge is -2.24. The van der Waals surface area contributed by atoms with E-state index in [1.165, 1.54) is 11.3 Å². The van der Waals surface area contributed by atoms with Crippen molar-refractivity contribution >= 4 is 23.2 Å². The zero-order valence-corrected chi connectivity index (χ0v) is 14.9. The van der Waals surface area contributed by atoms with Crippen LogP contribution >= 0.6 is 11.3 Å². The molecule has 0 fully saturated rings. The summed E-state index contributed by atoms with van der Waals surface area (Å²) in [6, 6.07) is 3.38. The second-order valence-corrected chi connectivity index (χ2v) is 6.93. The Morgan fingerprint density at radius 1 is 1.29 bits per heavy atom. The number of rotatable bonds is 6. The van der Waals surface area contributed by atoms with Gasteiger partial charge in [-0.25, -0.2) is 9.78 Å². The number of aromatic nitrogens is 1. The van der Waals surface area contributed by atoms with E-state index in [0.29, 0.717) is 22.4 Å². The molecule has 1 aromatic heterocycles. The first kappa shape index (κ1) is 17.9. The smallest absolute Gasteiger partial charge is 0.341 e. The van der Waals surface area contributed by atoms with Gasteiger partial charge in [-0.05, 0) is 51.0 Å². The second kappa shape index (κ2) is 7.00. The topological polar surface area (TPSA) is 88.5 Å². The second-order valence-electron chi connectivity index (χ2n) is 6.04. The van der Waals surface area contributed by atoms with E-state index in [2.05, 4.69) is 10.3 Å². The quantitative estimate of drug-likeness (QED) is 0.838. The normalized spacial score (nSPS) is 11.2. The molecule has 0 radical (unpaired) electrons. The van der Waals surface area contributed by atoms with Crippen LogP contribution in [0.2, 0.25) is 0 Å². The van der Waals surface area contributed by atoms with Crippen molar-refractivity contribution in [2.24, 2.45) is 0 Å². The number of thiazole rings is 1. The summed E-state index contributed by atoms with van der Waals surface area (Å²) in [6.45, 7) is 6.95. The fourth-order valence-electron chi connectivity index (χ4n) is 2.38. The SMILES string of the molecule is Cc1cc(C(=O)NC(C)(C)c2nccs2)cc(C)c1OCC(=O)O. The van der Waals surface area contributed by atoms with Gasteiger partial charge in [-0.3, -0.25) is 4.79 Å². The van der Waals surface area contributed by atoms with E-state index in [9.17, 15) is 9.59 Å². The predicted octanol–water partition coefficient (Wildman–Crippen LogP) is 2.89. The lowest BCUT2D eigenvalue weighted by Crippen LogP contribution is -2.41. The number of hydrogen-bond acceptors (Lipinski definition) is 5. The third-order valence-electron chi connectivity index (χ3n) is 3.46. The first-order chi connectivity index (χ1) is 11.2. The fraction of sp³-hybridized carbons (Fsp3) is 0.353. The maximum Gasteiger partial charge on any atom is 0.341 e. The highest BCUT2D eigenvalue weighted by molar-refractivity contribution is 7.09. The lowest BCUT2D eigenvalue weighted by atomic mass is 10.0. The Kier molecular flexibility index (Phi) is 5.23. The van der Waals surface area contributed by atoms with Gasteiger partial charge in [0.25, 0.3) is 5.91 Å². The number of aliphatic carboxylic acids is 1. The average Bonchev–Trinajstić information content (AvgIpc) is 3.00. The van der Waals surface area contributed by atoms with Crippen LogP contribution < -0.4 is 10.1 Å². The Morgan fingerprint density at radius 2 is 1.92 bits per heavy atom. The van der Waals surface area contributed by atoms with Crippen LogP contribution in [0.5, 0.6) is 5.75 Å². The van der Waals surface area contributed by atoms with Crippen molar-refractivity contribution < 1.29 is 19.4 Å². The van der Waals surface area contributed by atoms with E-state index >= 15 is 0 Å². The molecule has 24 heavy (non-hydrogen) atoms. The number of hydrogen-bond donors (Lipinski definition) is 2. The Bertz CT molecular complexity index is 731. The van der Waals surface area contributed by atoms with Crippen LogP contribution in [-0.2, 0) is 10.3 Å². The molecule has 0 aliphatic carbocycles. The van der Waals surface area contributed by atoms with E-state index in [4.69, 9.17) is 9.84 Å². The van der Waals surface area contributed by atoms with Crippen molar-refractivity contribution in [3.63, 3.8) is 0 Å². The third-order valence-corrected chi connectivity index (χ3v) is 4.55. The summed E-state index contributed by atoms with van der Waals surface area (Å²) in [6.07, 6.45) is 1.71. The van der Waals surface area contributed by atoms with Crippen molar-refractivity contribution in [1.29, 1.82) is 0 Å². The molecule has 6 nitrogen and oxygen atoms in total. The highest BCUT2D eigenvalue weighted by Crippen LogP contribution is 2.26. The molecule has 0 aliphatic rings. The van der Waals surface area contributed by atoms with Gasteiger partial charge in [0.2, 0.25) is 0 Å². The van der Waals surface area contributed by atoms with Crippen molar-refractivity contribution in [2.45, 2.75) is 33.2 Å². The third kappa shape index (κ3) is 4.11. The van der Waals surface area contributed by atoms with E-state index in [-0.39, 0.29) is 5.91 Å². The van der Waals surface area contributed by atoms with Gasteiger partial charge in [0, 0.05) is 17.1 Å². The van der Waals surface area contributed by atoms with Crippen LogP contribution in [0, 0.1) is 13.8 Å². The number of carbonyl (C=O) groups is 2. The molecule has 0 aliphatic heterocycles. The van der Waals surface area contributed by atoms with Crippen LogP contribution in [0.4, 0.5) is 0 Å². The molecular weight excluding hydrogens is 328 g/mol. The summed E-state index contributed by atoms with van der Waals surface area (Å²) in [5, 5.41) is 14.4. The standard InChI is InChI=1S/C17H20N2O4S/c1-10-7-12(8-11(2)14(10)23-9-13(20)21)15(22)19-17(3,4)16-18-5-6-24-16/h5-8H,9H2,1-4H3,(H,19,22)(H,20,21). The van der Waals surface area contributed by atoms with Crippen LogP contribution in [0.15, 0.2) is 23.7 Å². The van der Waals surface area contributed by atoms with Crippen molar-refractivity contribution in [1.82, 2.24) is 10.3 Å². The molecule has 2 rings (SSSR count). The number of ether oxygens (including phenoxy) is 1. The van der Waals surface area contributed by atoms with E-state index in [0.717, 1.165) is 5.01 Å². The number of aryl methyl sites for hydroxylation is 2. The van der Waals surface area contributed by atoms with Crippen LogP contribution in [0.25, 0.3) is 0 Å². The highest BCUT2D eigenvalue weighted by atomic mass is 32.1. The van der Waals surface area contributed by atoms with Crippen molar-refractivity contribution in [3.8, 4) is 5.75 Å². The summed E-state index contributed by atoms with van der Waals surface area (Å²) in [5.41, 5.74) is 1.35. The van der Waals surface area contributed by atoms with Crippen LogP contribution in [0.3, 0.4) is 0 Å². The average molecular weight is 348 g/mol. The summed E-state index contributed by atoms with van der Waals surface area (Å²) in [7, 11) is 0. The summed E-state index contributed by atoms with van der Waals surface area (Å²) in [5.74, 6) is -0.764. The zero-order valence-electron chi connectivity index (χ0n) is 14.0. The largest absolute Gasteiger partial charge is 0.481 e. The molecule has 0 unspecified atom stereocenters. The number of carboxylic acid groups (broad SMARTS) is 1. The molecule has 0 saturated carbocycles. The number of benzene rings is 1. The molecule has 0 atom stereocenters. The maximum absolute atomic E-state index is 12.6. The van der Waals surface area contributed by atoms with Crippen LogP contribution in [-0.4, -0.2) is 28.6 Å². The van der Waals surface area contributed by atoms with E-state index in [1.54, 1.807) is 32.2 Å². The first-order valence-corrected chi connectivity index (χ1v) is 8.27. The Labute approximate surface area is 144 Å².